The standard InChI is InChI=1S/C20H19FN2O2/c21-16-9-10-22(13-16)19(24)17-8-4-7-15-12-23(20(25)18(15)17)11-14-5-2-1-3-6-14/h1-8,16H,9-13H2/t16-/m0/s1. The Morgan fingerprint density at radius 3 is 2.64 bits per heavy atom. The lowest BCUT2D eigenvalue weighted by Crippen LogP contribution is -2.31. The lowest BCUT2D eigenvalue weighted by molar-refractivity contribution is 0.0740. The highest BCUT2D eigenvalue weighted by Crippen LogP contribution is 2.29. The zero-order valence-corrected chi connectivity index (χ0v) is 13.8. The number of likely N-dealkylation sites (tertiary alicyclic amines) is 1. The molecule has 2 aliphatic heterocycles. The van der Waals surface area contributed by atoms with Crippen molar-refractivity contribution < 1.29 is 14.0 Å². The molecule has 2 amide bonds. The topological polar surface area (TPSA) is 40.6 Å². The fourth-order valence-corrected chi connectivity index (χ4v) is 3.60. The molecule has 5 heteroatoms. The van der Waals surface area contributed by atoms with E-state index in [1.54, 1.807) is 17.0 Å². The number of hydrogen-bond donors (Lipinski definition) is 0. The first-order valence-corrected chi connectivity index (χ1v) is 8.52. The van der Waals surface area contributed by atoms with E-state index in [2.05, 4.69) is 0 Å². The van der Waals surface area contributed by atoms with Crippen LogP contribution in [0.15, 0.2) is 48.5 Å². The van der Waals surface area contributed by atoms with Crippen LogP contribution in [0.2, 0.25) is 0 Å². The first kappa shape index (κ1) is 15.8. The van der Waals surface area contributed by atoms with Gasteiger partial charge in [-0.2, -0.15) is 0 Å². The van der Waals surface area contributed by atoms with Crippen molar-refractivity contribution in [3.8, 4) is 0 Å². The van der Waals surface area contributed by atoms with Gasteiger partial charge in [-0.1, -0.05) is 42.5 Å². The van der Waals surface area contributed by atoms with Crippen LogP contribution < -0.4 is 0 Å². The lowest BCUT2D eigenvalue weighted by atomic mass is 10.0. The van der Waals surface area contributed by atoms with Crippen LogP contribution in [0.5, 0.6) is 0 Å². The molecule has 0 N–H and O–H groups in total. The van der Waals surface area contributed by atoms with Gasteiger partial charge in [-0.15, -0.1) is 0 Å². The lowest BCUT2D eigenvalue weighted by Gasteiger charge is -2.18. The molecule has 2 heterocycles. The van der Waals surface area contributed by atoms with Crippen LogP contribution in [0.1, 0.15) is 38.3 Å². The molecule has 4 rings (SSSR count). The van der Waals surface area contributed by atoms with Crippen LogP contribution in [-0.2, 0) is 13.1 Å². The maximum Gasteiger partial charge on any atom is 0.255 e. The van der Waals surface area contributed by atoms with Crippen molar-refractivity contribution in [1.82, 2.24) is 9.80 Å². The van der Waals surface area contributed by atoms with Gasteiger partial charge in [0.1, 0.15) is 6.17 Å². The van der Waals surface area contributed by atoms with Crippen LogP contribution in [0.25, 0.3) is 0 Å². The maximum absolute atomic E-state index is 13.4. The first-order chi connectivity index (χ1) is 12.1. The van der Waals surface area contributed by atoms with Crippen molar-refractivity contribution in [3.63, 3.8) is 0 Å². The van der Waals surface area contributed by atoms with Crippen LogP contribution >= 0.6 is 0 Å². The van der Waals surface area contributed by atoms with Crippen molar-refractivity contribution >= 4 is 11.8 Å². The molecule has 1 saturated heterocycles. The third-order valence-electron chi connectivity index (χ3n) is 4.88. The molecule has 25 heavy (non-hydrogen) atoms. The minimum absolute atomic E-state index is 0.115. The quantitative estimate of drug-likeness (QED) is 0.863. The molecule has 2 aliphatic rings. The van der Waals surface area contributed by atoms with Gasteiger partial charge in [0.05, 0.1) is 17.7 Å². The number of amides is 2. The number of carbonyl (C=O) groups excluding carboxylic acids is 2. The Morgan fingerprint density at radius 1 is 1.12 bits per heavy atom. The zero-order valence-electron chi connectivity index (χ0n) is 13.8. The van der Waals surface area contributed by atoms with Gasteiger partial charge in [0.25, 0.3) is 11.8 Å². The first-order valence-electron chi connectivity index (χ1n) is 8.52. The molecule has 2 aromatic rings. The Kier molecular flexibility index (Phi) is 3.99. The molecule has 0 bridgehead atoms. The van der Waals surface area contributed by atoms with Gasteiger partial charge in [0.2, 0.25) is 0 Å². The summed E-state index contributed by atoms with van der Waals surface area (Å²) in [7, 11) is 0. The number of hydrogen-bond acceptors (Lipinski definition) is 2. The summed E-state index contributed by atoms with van der Waals surface area (Å²) in [6.45, 7) is 1.53. The molecule has 1 atom stereocenters. The van der Waals surface area contributed by atoms with Gasteiger partial charge in [-0.3, -0.25) is 9.59 Å². The fourth-order valence-electron chi connectivity index (χ4n) is 3.60. The normalized spacial score (nSPS) is 19.4. The number of halogens is 1. The Balaban J connectivity index is 1.60. The smallest absolute Gasteiger partial charge is 0.255 e. The van der Waals surface area contributed by atoms with Gasteiger partial charge in [0.15, 0.2) is 0 Å². The van der Waals surface area contributed by atoms with Crippen LogP contribution in [-0.4, -0.2) is 40.9 Å². The predicted molar refractivity (Wildman–Crippen MR) is 91.9 cm³/mol. The van der Waals surface area contributed by atoms with Gasteiger partial charge >= 0.3 is 0 Å². The zero-order chi connectivity index (χ0) is 17.4. The van der Waals surface area contributed by atoms with Gasteiger partial charge in [-0.25, -0.2) is 4.39 Å². The van der Waals surface area contributed by atoms with Crippen LogP contribution in [0, 0.1) is 0 Å². The summed E-state index contributed by atoms with van der Waals surface area (Å²) in [4.78, 5) is 28.9. The van der Waals surface area contributed by atoms with Crippen molar-refractivity contribution in [3.05, 3.63) is 70.8 Å². The van der Waals surface area contributed by atoms with Crippen molar-refractivity contribution in [2.75, 3.05) is 13.1 Å². The van der Waals surface area contributed by atoms with Gasteiger partial charge in [0, 0.05) is 19.6 Å². The SMILES string of the molecule is O=C(c1cccc2c1C(=O)N(Cc1ccccc1)C2)N1CC[C@H](F)C1. The van der Waals surface area contributed by atoms with E-state index in [0.717, 1.165) is 11.1 Å². The van der Waals surface area contributed by atoms with Crippen LogP contribution in [0.4, 0.5) is 4.39 Å². The largest absolute Gasteiger partial charge is 0.336 e. The maximum atomic E-state index is 13.4. The Bertz CT molecular complexity index is 822. The minimum Gasteiger partial charge on any atom is -0.336 e. The average molecular weight is 338 g/mol. The Labute approximate surface area is 145 Å². The molecule has 2 aromatic carbocycles. The molecule has 0 spiro atoms. The highest BCUT2D eigenvalue weighted by Gasteiger charge is 2.34. The monoisotopic (exact) mass is 338 g/mol. The van der Waals surface area contributed by atoms with Crippen LogP contribution in [0.3, 0.4) is 0 Å². The Morgan fingerprint density at radius 2 is 1.92 bits per heavy atom. The summed E-state index contributed by atoms with van der Waals surface area (Å²) < 4.78 is 13.4. The van der Waals surface area contributed by atoms with Crippen molar-refractivity contribution in [2.45, 2.75) is 25.7 Å². The van der Waals surface area contributed by atoms with Gasteiger partial charge in [-0.05, 0) is 23.6 Å². The molecule has 128 valence electrons. The summed E-state index contributed by atoms with van der Waals surface area (Å²) in [6.07, 6.45) is -0.597. The average Bonchev–Trinajstić information content (AvgIpc) is 3.19. The highest BCUT2D eigenvalue weighted by atomic mass is 19.1. The second-order valence-corrected chi connectivity index (χ2v) is 6.62. The number of rotatable bonds is 3. The third kappa shape index (κ3) is 2.90. The van der Waals surface area contributed by atoms with E-state index in [-0.39, 0.29) is 18.4 Å². The fraction of sp³-hybridized carbons (Fsp3) is 0.300. The second-order valence-electron chi connectivity index (χ2n) is 6.62. The predicted octanol–water partition coefficient (Wildman–Crippen LogP) is 3.03. The summed E-state index contributed by atoms with van der Waals surface area (Å²) in [5, 5.41) is 0. The van der Waals surface area contributed by atoms with Crippen molar-refractivity contribution in [2.24, 2.45) is 0 Å². The van der Waals surface area contributed by atoms with E-state index < -0.39 is 6.17 Å². The molecule has 0 radical (unpaired) electrons. The summed E-state index contributed by atoms with van der Waals surface area (Å²) in [6, 6.07) is 15.1. The molecular formula is C20H19FN2O2. The van der Waals surface area contributed by atoms with E-state index in [0.29, 0.717) is 37.2 Å². The van der Waals surface area contributed by atoms with E-state index in [1.165, 1.54) is 4.90 Å². The summed E-state index contributed by atoms with van der Waals surface area (Å²) in [5.74, 6) is -0.370. The minimum atomic E-state index is -0.967. The number of nitrogens with zero attached hydrogens (tertiary/aromatic N) is 2. The van der Waals surface area contributed by atoms with Gasteiger partial charge < -0.3 is 9.80 Å². The molecular weight excluding hydrogens is 319 g/mol. The molecule has 0 aliphatic carbocycles. The molecule has 0 unspecified atom stereocenters. The highest BCUT2D eigenvalue weighted by molar-refractivity contribution is 6.09. The number of fused-ring (bicyclic) bond motifs is 1. The number of benzene rings is 2. The number of carbonyl (C=O) groups is 2. The van der Waals surface area contributed by atoms with E-state index in [9.17, 15) is 14.0 Å². The summed E-state index contributed by atoms with van der Waals surface area (Å²) in [5.41, 5.74) is 2.79. The summed E-state index contributed by atoms with van der Waals surface area (Å²) >= 11 is 0. The molecule has 0 aromatic heterocycles. The molecule has 4 nitrogen and oxygen atoms in total. The second kappa shape index (κ2) is 6.31. The number of alkyl halides is 1. The molecule has 1 fully saturated rings. The van der Waals surface area contributed by atoms with Crippen molar-refractivity contribution in [1.29, 1.82) is 0 Å². The third-order valence-corrected chi connectivity index (χ3v) is 4.88. The van der Waals surface area contributed by atoms with E-state index >= 15 is 0 Å². The molecule has 0 saturated carbocycles. The van der Waals surface area contributed by atoms with E-state index in [1.807, 2.05) is 36.4 Å². The Hall–Kier alpha value is -2.69. The van der Waals surface area contributed by atoms with E-state index in [4.69, 9.17) is 0 Å².